The molecule has 1 fully saturated rings. The van der Waals surface area contributed by atoms with Gasteiger partial charge in [0.1, 0.15) is 17.0 Å². The van der Waals surface area contributed by atoms with Gasteiger partial charge in [-0.15, -0.1) is 0 Å². The molecule has 0 spiro atoms. The molecule has 1 aliphatic rings. The van der Waals surface area contributed by atoms with Crippen LogP contribution in [0.2, 0.25) is 5.02 Å². The minimum Gasteiger partial charge on any atom is -0.480 e. The quantitative estimate of drug-likeness (QED) is 0.253. The van der Waals surface area contributed by atoms with Crippen molar-refractivity contribution in [2.45, 2.75) is 22.8 Å². The Hall–Kier alpha value is -3.69. The van der Waals surface area contributed by atoms with E-state index in [-0.39, 0.29) is 17.9 Å². The van der Waals surface area contributed by atoms with E-state index in [2.05, 4.69) is 0 Å². The van der Waals surface area contributed by atoms with E-state index in [1.807, 2.05) is 30.3 Å². The van der Waals surface area contributed by atoms with Gasteiger partial charge in [-0.05, 0) is 71.6 Å². The predicted octanol–water partition coefficient (Wildman–Crippen LogP) is 5.79. The van der Waals surface area contributed by atoms with Crippen molar-refractivity contribution in [2.75, 3.05) is 13.2 Å². The third-order valence-electron chi connectivity index (χ3n) is 6.91. The minimum atomic E-state index is -4.27. The molecule has 0 bridgehead atoms. The van der Waals surface area contributed by atoms with Gasteiger partial charge in [-0.25, -0.2) is 8.42 Å². The van der Waals surface area contributed by atoms with Crippen molar-refractivity contribution in [1.29, 1.82) is 0 Å². The molecule has 0 heterocycles. The van der Waals surface area contributed by atoms with Crippen LogP contribution in [0.4, 0.5) is 0 Å². The molecule has 9 heteroatoms. The van der Waals surface area contributed by atoms with Gasteiger partial charge in [-0.1, -0.05) is 66.2 Å². The lowest BCUT2D eigenvalue weighted by molar-refractivity contribution is -0.143. The molecule has 1 saturated carbocycles. The van der Waals surface area contributed by atoms with Crippen LogP contribution in [-0.2, 0) is 14.8 Å². The number of aliphatic carboxylic acids is 1. The molecular weight excluding hydrogens is 538 g/mol. The van der Waals surface area contributed by atoms with Crippen molar-refractivity contribution in [3.63, 3.8) is 0 Å². The molecule has 4 aromatic carbocycles. The molecule has 39 heavy (non-hydrogen) atoms. The molecule has 7 nitrogen and oxygen atoms in total. The van der Waals surface area contributed by atoms with Gasteiger partial charge in [0.15, 0.2) is 0 Å². The summed E-state index contributed by atoms with van der Waals surface area (Å²) >= 11 is 5.96. The number of halogens is 1. The maximum absolute atomic E-state index is 13.8. The maximum atomic E-state index is 13.8. The van der Waals surface area contributed by atoms with E-state index < -0.39 is 34.1 Å². The maximum Gasteiger partial charge on any atom is 0.325 e. The van der Waals surface area contributed by atoms with Crippen molar-refractivity contribution in [3.05, 3.63) is 114 Å². The van der Waals surface area contributed by atoms with Gasteiger partial charge >= 0.3 is 5.97 Å². The lowest BCUT2D eigenvalue weighted by Gasteiger charge is -2.29. The SMILES string of the molecule is O=C(O)[C@@]1(N(CCO)S(=O)(=O)c2ccc(-c3ccc(Cl)cc3)cc2)C[C@H]1c1cccc(Oc2ccccc2)c1. The topological polar surface area (TPSA) is 104 Å². The number of aliphatic hydroxyl groups is 1. The average molecular weight is 564 g/mol. The molecule has 0 saturated heterocycles. The van der Waals surface area contributed by atoms with E-state index in [0.717, 1.165) is 15.4 Å². The predicted molar refractivity (Wildman–Crippen MR) is 149 cm³/mol. The molecule has 4 aromatic rings. The fraction of sp³-hybridized carbons (Fsp3) is 0.167. The third-order valence-corrected chi connectivity index (χ3v) is 9.12. The second kappa shape index (κ2) is 10.8. The van der Waals surface area contributed by atoms with Crippen molar-refractivity contribution >= 4 is 27.6 Å². The highest BCUT2D eigenvalue weighted by Gasteiger charge is 2.67. The summed E-state index contributed by atoms with van der Waals surface area (Å²) in [6.45, 7) is -0.884. The summed E-state index contributed by atoms with van der Waals surface area (Å²) in [4.78, 5) is 12.6. The number of carbonyl (C=O) groups is 1. The Morgan fingerprint density at radius 2 is 1.51 bits per heavy atom. The van der Waals surface area contributed by atoms with Crippen molar-refractivity contribution in [3.8, 4) is 22.6 Å². The molecule has 5 rings (SSSR count). The number of β-amino-alcohol motifs (C(OH)–C–C–N with tert-alkyl or cyclic N) is 1. The Labute approximate surface area is 231 Å². The summed E-state index contributed by atoms with van der Waals surface area (Å²) < 4.78 is 34.4. The molecule has 2 N–H and O–H groups in total. The van der Waals surface area contributed by atoms with Gasteiger partial charge in [0, 0.05) is 17.5 Å². The zero-order chi connectivity index (χ0) is 27.6. The first-order valence-electron chi connectivity index (χ1n) is 12.3. The number of hydrogen-bond acceptors (Lipinski definition) is 5. The van der Waals surface area contributed by atoms with Gasteiger partial charge in [-0.2, -0.15) is 4.31 Å². The second-order valence-corrected chi connectivity index (χ2v) is 11.6. The van der Waals surface area contributed by atoms with Crippen LogP contribution in [0.3, 0.4) is 0 Å². The van der Waals surface area contributed by atoms with Crippen LogP contribution in [0, 0.1) is 0 Å². The van der Waals surface area contributed by atoms with Gasteiger partial charge < -0.3 is 14.9 Å². The van der Waals surface area contributed by atoms with Crippen LogP contribution in [0.15, 0.2) is 108 Å². The van der Waals surface area contributed by atoms with Crippen molar-refractivity contribution < 1.29 is 28.2 Å². The van der Waals surface area contributed by atoms with E-state index in [4.69, 9.17) is 16.3 Å². The number of nitrogens with zero attached hydrogens (tertiary/aromatic N) is 1. The van der Waals surface area contributed by atoms with E-state index in [1.165, 1.54) is 12.1 Å². The Bertz CT molecular complexity index is 1580. The first-order valence-corrected chi connectivity index (χ1v) is 14.1. The fourth-order valence-corrected chi connectivity index (χ4v) is 6.79. The minimum absolute atomic E-state index is 0.0545. The summed E-state index contributed by atoms with van der Waals surface area (Å²) in [6.07, 6.45) is 0.0687. The van der Waals surface area contributed by atoms with Gasteiger partial charge in [0.05, 0.1) is 11.5 Å². The number of hydrogen-bond donors (Lipinski definition) is 2. The fourth-order valence-electron chi connectivity index (χ4n) is 4.90. The van der Waals surface area contributed by atoms with Gasteiger partial charge in [-0.3, -0.25) is 4.79 Å². The van der Waals surface area contributed by atoms with Crippen molar-refractivity contribution in [1.82, 2.24) is 4.31 Å². The smallest absolute Gasteiger partial charge is 0.325 e. The number of sulfonamides is 1. The largest absolute Gasteiger partial charge is 0.480 e. The first kappa shape index (κ1) is 26.9. The van der Waals surface area contributed by atoms with Crippen LogP contribution in [0.25, 0.3) is 11.1 Å². The van der Waals surface area contributed by atoms with E-state index in [9.17, 15) is 23.4 Å². The highest BCUT2D eigenvalue weighted by molar-refractivity contribution is 7.89. The monoisotopic (exact) mass is 563 g/mol. The summed E-state index contributed by atoms with van der Waals surface area (Å²) in [7, 11) is -4.27. The van der Waals surface area contributed by atoms with Crippen LogP contribution < -0.4 is 4.74 Å². The Kier molecular flexibility index (Phi) is 7.46. The van der Waals surface area contributed by atoms with Crippen LogP contribution in [0.5, 0.6) is 11.5 Å². The summed E-state index contributed by atoms with van der Waals surface area (Å²) in [6, 6.07) is 29.5. The zero-order valence-corrected chi connectivity index (χ0v) is 22.3. The molecule has 1 aliphatic carbocycles. The van der Waals surface area contributed by atoms with Crippen LogP contribution in [-0.4, -0.2) is 47.6 Å². The Balaban J connectivity index is 1.45. The normalized spacial score (nSPS) is 18.6. The lowest BCUT2D eigenvalue weighted by Crippen LogP contribution is -2.49. The van der Waals surface area contributed by atoms with Gasteiger partial charge in [0.2, 0.25) is 10.0 Å². The molecule has 0 unspecified atom stereocenters. The lowest BCUT2D eigenvalue weighted by atomic mass is 10.1. The standard InChI is InChI=1S/C30H26ClNO6S/c31-24-13-9-21(10-14-24)22-11-15-27(16-12-22)39(36,37)32(17-18-33)30(29(34)35)20-28(30)23-5-4-8-26(19-23)38-25-6-2-1-3-7-25/h1-16,19,28,33H,17-18,20H2,(H,34,35)/t28-,30+/m0/s1. The summed E-state index contributed by atoms with van der Waals surface area (Å²) in [5.74, 6) is -0.749. The summed E-state index contributed by atoms with van der Waals surface area (Å²) in [5, 5.41) is 20.7. The van der Waals surface area contributed by atoms with Gasteiger partial charge in [0.25, 0.3) is 0 Å². The molecule has 0 radical (unpaired) electrons. The number of carboxylic acid groups (broad SMARTS) is 1. The summed E-state index contributed by atoms with van der Waals surface area (Å²) in [5.41, 5.74) is 0.549. The Morgan fingerprint density at radius 3 is 2.13 bits per heavy atom. The number of aliphatic hydroxyl groups excluding tert-OH is 1. The molecule has 200 valence electrons. The number of carboxylic acids is 1. The molecule has 0 aromatic heterocycles. The van der Waals surface area contributed by atoms with Crippen LogP contribution in [0.1, 0.15) is 17.9 Å². The van der Waals surface area contributed by atoms with E-state index in [1.54, 1.807) is 60.7 Å². The zero-order valence-electron chi connectivity index (χ0n) is 20.8. The molecule has 0 amide bonds. The number of ether oxygens (including phenoxy) is 1. The average Bonchev–Trinajstić information content (AvgIpc) is 3.70. The molecule has 0 aliphatic heterocycles. The Morgan fingerprint density at radius 1 is 0.897 bits per heavy atom. The molecular formula is C30H26ClNO6S. The third kappa shape index (κ3) is 5.29. The second-order valence-electron chi connectivity index (χ2n) is 9.31. The first-order chi connectivity index (χ1) is 18.8. The highest BCUT2D eigenvalue weighted by Crippen LogP contribution is 2.57. The van der Waals surface area contributed by atoms with Crippen molar-refractivity contribution in [2.24, 2.45) is 0 Å². The van der Waals surface area contributed by atoms with E-state index in [0.29, 0.717) is 22.1 Å². The van der Waals surface area contributed by atoms with Crippen LogP contribution >= 0.6 is 11.6 Å². The molecule has 2 atom stereocenters. The number of benzene rings is 4. The highest BCUT2D eigenvalue weighted by atomic mass is 35.5. The number of rotatable bonds is 10. The van der Waals surface area contributed by atoms with E-state index >= 15 is 0 Å². The number of para-hydroxylation sites is 1.